The van der Waals surface area contributed by atoms with Crippen molar-refractivity contribution in [2.24, 2.45) is 7.05 Å². The van der Waals surface area contributed by atoms with Gasteiger partial charge in [-0.05, 0) is 31.6 Å². The number of benzene rings is 1. The van der Waals surface area contributed by atoms with E-state index in [0.717, 1.165) is 28.0 Å². The van der Waals surface area contributed by atoms with Crippen molar-refractivity contribution in [2.45, 2.75) is 20.3 Å². The number of allylic oxidation sites excluding steroid dienone is 1. The van der Waals surface area contributed by atoms with E-state index in [0.29, 0.717) is 0 Å². The molecular formula is C15H17BrN2. The lowest BCUT2D eigenvalue weighted by Gasteiger charge is -2.04. The van der Waals surface area contributed by atoms with Crippen LogP contribution >= 0.6 is 15.9 Å². The molecule has 94 valence electrons. The molecule has 0 fully saturated rings. The van der Waals surface area contributed by atoms with Gasteiger partial charge < -0.3 is 4.57 Å². The third-order valence-corrected chi connectivity index (χ3v) is 3.45. The summed E-state index contributed by atoms with van der Waals surface area (Å²) in [6.45, 7) is 4.17. The Morgan fingerprint density at radius 3 is 2.78 bits per heavy atom. The molecule has 3 heteroatoms. The minimum absolute atomic E-state index is 0.946. The molecule has 0 aliphatic carbocycles. The van der Waals surface area contributed by atoms with Crippen LogP contribution in [0, 0.1) is 0 Å². The predicted octanol–water partition coefficient (Wildman–Crippen LogP) is 4.45. The van der Waals surface area contributed by atoms with Gasteiger partial charge in [-0.2, -0.15) is 0 Å². The molecule has 0 saturated carbocycles. The Morgan fingerprint density at radius 2 is 2.17 bits per heavy atom. The van der Waals surface area contributed by atoms with Gasteiger partial charge in [0.2, 0.25) is 0 Å². The fourth-order valence-corrected chi connectivity index (χ4v) is 2.48. The highest BCUT2D eigenvalue weighted by molar-refractivity contribution is 9.10. The topological polar surface area (TPSA) is 17.8 Å². The van der Waals surface area contributed by atoms with E-state index in [2.05, 4.69) is 58.8 Å². The van der Waals surface area contributed by atoms with Crippen LogP contribution in [0.3, 0.4) is 0 Å². The first-order chi connectivity index (χ1) is 8.67. The van der Waals surface area contributed by atoms with Gasteiger partial charge in [0.1, 0.15) is 5.82 Å². The number of halogens is 1. The first-order valence-corrected chi connectivity index (χ1v) is 6.91. The van der Waals surface area contributed by atoms with Crippen molar-refractivity contribution in [3.05, 3.63) is 46.2 Å². The van der Waals surface area contributed by atoms with E-state index in [1.165, 1.54) is 5.69 Å². The number of rotatable bonds is 3. The molecule has 0 aliphatic heterocycles. The summed E-state index contributed by atoms with van der Waals surface area (Å²) in [6.07, 6.45) is 5.12. The Balaban J connectivity index is 2.59. The lowest BCUT2D eigenvalue weighted by Crippen LogP contribution is -1.95. The molecule has 2 aromatic rings. The van der Waals surface area contributed by atoms with Crippen LogP contribution < -0.4 is 0 Å². The van der Waals surface area contributed by atoms with Gasteiger partial charge in [0.15, 0.2) is 0 Å². The third kappa shape index (κ3) is 2.41. The molecule has 2 nitrogen and oxygen atoms in total. The van der Waals surface area contributed by atoms with Crippen molar-refractivity contribution in [3.8, 4) is 11.4 Å². The van der Waals surface area contributed by atoms with E-state index in [4.69, 9.17) is 4.98 Å². The quantitative estimate of drug-likeness (QED) is 0.819. The summed E-state index contributed by atoms with van der Waals surface area (Å²) >= 11 is 3.51. The van der Waals surface area contributed by atoms with E-state index in [-0.39, 0.29) is 0 Å². The second-order valence-electron chi connectivity index (χ2n) is 4.19. The van der Waals surface area contributed by atoms with Crippen LogP contribution in [0.4, 0.5) is 0 Å². The highest BCUT2D eigenvalue weighted by Crippen LogP contribution is 2.25. The molecular weight excluding hydrogens is 288 g/mol. The van der Waals surface area contributed by atoms with Crippen LogP contribution in [0.15, 0.2) is 34.8 Å². The monoisotopic (exact) mass is 304 g/mol. The van der Waals surface area contributed by atoms with Crippen LogP contribution in [0.25, 0.3) is 17.5 Å². The molecule has 1 aromatic carbocycles. The lowest BCUT2D eigenvalue weighted by molar-refractivity contribution is 0.909. The van der Waals surface area contributed by atoms with Crippen molar-refractivity contribution < 1.29 is 0 Å². The molecule has 0 atom stereocenters. The highest BCUT2D eigenvalue weighted by atomic mass is 79.9. The predicted molar refractivity (Wildman–Crippen MR) is 80.4 cm³/mol. The smallest absolute Gasteiger partial charge is 0.140 e. The molecule has 0 spiro atoms. The zero-order valence-electron chi connectivity index (χ0n) is 10.9. The summed E-state index contributed by atoms with van der Waals surface area (Å²) in [7, 11) is 2.07. The second kappa shape index (κ2) is 5.53. The number of aromatic nitrogens is 2. The summed E-state index contributed by atoms with van der Waals surface area (Å²) < 4.78 is 3.23. The largest absolute Gasteiger partial charge is 0.327 e. The maximum absolute atomic E-state index is 4.75. The van der Waals surface area contributed by atoms with Crippen molar-refractivity contribution in [1.29, 1.82) is 0 Å². The van der Waals surface area contributed by atoms with Gasteiger partial charge in [-0.25, -0.2) is 4.98 Å². The molecule has 0 aliphatic rings. The number of imidazole rings is 1. The van der Waals surface area contributed by atoms with E-state index in [1.54, 1.807) is 0 Å². The fraction of sp³-hybridized carbons (Fsp3) is 0.267. The van der Waals surface area contributed by atoms with Crippen molar-refractivity contribution in [3.63, 3.8) is 0 Å². The number of hydrogen-bond acceptors (Lipinski definition) is 1. The van der Waals surface area contributed by atoms with E-state index < -0.39 is 0 Å². The van der Waals surface area contributed by atoms with Gasteiger partial charge in [0.25, 0.3) is 0 Å². The molecule has 0 amide bonds. The van der Waals surface area contributed by atoms with Gasteiger partial charge >= 0.3 is 0 Å². The van der Waals surface area contributed by atoms with E-state index in [1.807, 2.05) is 19.1 Å². The second-order valence-corrected chi connectivity index (χ2v) is 5.11. The van der Waals surface area contributed by atoms with Gasteiger partial charge in [0.05, 0.1) is 11.4 Å². The number of hydrogen-bond donors (Lipinski definition) is 0. The molecule has 2 rings (SSSR count). The maximum atomic E-state index is 4.75. The summed E-state index contributed by atoms with van der Waals surface area (Å²) in [5, 5.41) is 0. The third-order valence-electron chi connectivity index (χ3n) is 2.96. The zero-order valence-corrected chi connectivity index (χ0v) is 12.5. The minimum Gasteiger partial charge on any atom is -0.327 e. The van der Waals surface area contributed by atoms with Gasteiger partial charge in [-0.15, -0.1) is 0 Å². The summed E-state index contributed by atoms with van der Waals surface area (Å²) in [5.41, 5.74) is 3.47. The SMILES string of the molecule is C/C=C\c1c(CC)nc(-c2cccc(Br)c2)n1C. The highest BCUT2D eigenvalue weighted by Gasteiger charge is 2.12. The zero-order chi connectivity index (χ0) is 13.1. The molecule has 1 heterocycles. The summed E-state index contributed by atoms with van der Waals surface area (Å²) in [5.74, 6) is 1.02. The Labute approximate surface area is 116 Å². The van der Waals surface area contributed by atoms with E-state index in [9.17, 15) is 0 Å². The molecule has 0 unspecified atom stereocenters. The van der Waals surface area contributed by atoms with Gasteiger partial charge in [-0.3, -0.25) is 0 Å². The first kappa shape index (κ1) is 13.1. The molecule has 1 aromatic heterocycles. The first-order valence-electron chi connectivity index (χ1n) is 6.11. The molecule has 0 radical (unpaired) electrons. The van der Waals surface area contributed by atoms with Crippen LogP contribution in [-0.4, -0.2) is 9.55 Å². The Morgan fingerprint density at radius 1 is 1.39 bits per heavy atom. The summed E-state index contributed by atoms with van der Waals surface area (Å²) in [6, 6.07) is 8.25. The molecule has 18 heavy (non-hydrogen) atoms. The average Bonchev–Trinajstić information content (AvgIpc) is 2.67. The fourth-order valence-electron chi connectivity index (χ4n) is 2.08. The summed E-state index contributed by atoms with van der Waals surface area (Å²) in [4.78, 5) is 4.75. The van der Waals surface area contributed by atoms with Crippen LogP contribution in [0.2, 0.25) is 0 Å². The van der Waals surface area contributed by atoms with Crippen molar-refractivity contribution in [2.75, 3.05) is 0 Å². The number of nitrogens with zero attached hydrogens (tertiary/aromatic N) is 2. The molecule has 0 N–H and O–H groups in total. The van der Waals surface area contributed by atoms with Crippen molar-refractivity contribution >= 4 is 22.0 Å². The molecule has 0 bridgehead atoms. The Kier molecular flexibility index (Phi) is 4.02. The average molecular weight is 305 g/mol. The standard InChI is InChI=1S/C15H17BrN2/c1-4-7-14-13(5-2)17-15(18(14)3)11-8-6-9-12(16)10-11/h4,6-10H,5H2,1-3H3/b7-4-. The Bertz CT molecular complexity index is 582. The van der Waals surface area contributed by atoms with Crippen LogP contribution in [0.1, 0.15) is 25.2 Å². The maximum Gasteiger partial charge on any atom is 0.140 e. The van der Waals surface area contributed by atoms with Crippen LogP contribution in [0.5, 0.6) is 0 Å². The normalized spacial score (nSPS) is 11.3. The number of aryl methyl sites for hydroxylation is 1. The minimum atomic E-state index is 0.946. The Hall–Kier alpha value is -1.35. The lowest BCUT2D eigenvalue weighted by atomic mass is 10.2. The van der Waals surface area contributed by atoms with Crippen molar-refractivity contribution in [1.82, 2.24) is 9.55 Å². The molecule has 0 saturated heterocycles. The van der Waals surface area contributed by atoms with E-state index >= 15 is 0 Å². The van der Waals surface area contributed by atoms with Gasteiger partial charge in [-0.1, -0.05) is 41.1 Å². The van der Waals surface area contributed by atoms with Crippen LogP contribution in [-0.2, 0) is 13.5 Å². The van der Waals surface area contributed by atoms with Gasteiger partial charge in [0, 0.05) is 17.1 Å².